The summed E-state index contributed by atoms with van der Waals surface area (Å²) in [5, 5.41) is 0. The van der Waals surface area contributed by atoms with E-state index >= 15 is 0 Å². The van der Waals surface area contributed by atoms with Crippen molar-refractivity contribution in [3.63, 3.8) is 0 Å². The van der Waals surface area contributed by atoms with Gasteiger partial charge in [-0.15, -0.1) is 0 Å². The molecule has 3 aliphatic carbocycles. The fraction of sp³-hybridized carbons (Fsp3) is 0.600. The van der Waals surface area contributed by atoms with Crippen molar-refractivity contribution in [2.24, 2.45) is 29.6 Å². The molecule has 0 N–H and O–H groups in total. The summed E-state index contributed by atoms with van der Waals surface area (Å²) in [4.78, 5) is 2.63. The molecule has 0 amide bonds. The Morgan fingerprint density at radius 2 is 1.72 bits per heavy atom. The molecule has 1 aliphatic heterocycles. The van der Waals surface area contributed by atoms with Crippen LogP contribution in [-0.2, 0) is 10.2 Å². The van der Waals surface area contributed by atoms with Crippen LogP contribution in [0.25, 0.3) is 0 Å². The molecule has 1 saturated heterocycles. The highest BCUT2D eigenvalue weighted by Gasteiger charge is 2.53. The fourth-order valence-corrected chi connectivity index (χ4v) is 6.68. The van der Waals surface area contributed by atoms with Crippen LogP contribution in [0, 0.1) is 29.6 Å². The van der Waals surface area contributed by atoms with Crippen LogP contribution in [0.2, 0.25) is 0 Å². The molecule has 0 spiro atoms. The van der Waals surface area contributed by atoms with E-state index in [0.29, 0.717) is 23.2 Å². The zero-order valence-electron chi connectivity index (χ0n) is 20.7. The van der Waals surface area contributed by atoms with Gasteiger partial charge in [0.1, 0.15) is 5.76 Å². The SMILES string of the molecule is COC1=CC(C)C(C)=C([C@H]2CN(c3ccc(C4(C5CC(C)C5)CC4)cc3)CC[C@@H]2C)C=C1. The van der Waals surface area contributed by atoms with E-state index in [9.17, 15) is 0 Å². The number of methoxy groups -OCH3 is 1. The molecule has 1 aromatic rings. The Labute approximate surface area is 195 Å². The number of hydrogen-bond acceptors (Lipinski definition) is 2. The van der Waals surface area contributed by atoms with Crippen LogP contribution in [0.3, 0.4) is 0 Å². The van der Waals surface area contributed by atoms with Crippen LogP contribution < -0.4 is 4.90 Å². The highest BCUT2D eigenvalue weighted by molar-refractivity contribution is 5.51. The molecule has 0 bridgehead atoms. The molecule has 4 aliphatic rings. The summed E-state index contributed by atoms with van der Waals surface area (Å²) < 4.78 is 5.56. The van der Waals surface area contributed by atoms with E-state index in [0.717, 1.165) is 30.7 Å². The van der Waals surface area contributed by atoms with E-state index < -0.39 is 0 Å². The van der Waals surface area contributed by atoms with Gasteiger partial charge in [0.2, 0.25) is 0 Å². The molecule has 1 unspecified atom stereocenters. The summed E-state index contributed by atoms with van der Waals surface area (Å²) in [6.45, 7) is 11.7. The van der Waals surface area contributed by atoms with Gasteiger partial charge < -0.3 is 9.64 Å². The van der Waals surface area contributed by atoms with Crippen molar-refractivity contribution in [2.75, 3.05) is 25.1 Å². The molecule has 2 heteroatoms. The maximum atomic E-state index is 5.56. The average molecular weight is 432 g/mol. The van der Waals surface area contributed by atoms with Gasteiger partial charge in [-0.05, 0) is 104 Å². The Bertz CT molecular complexity index is 926. The minimum absolute atomic E-state index is 0.417. The van der Waals surface area contributed by atoms with Gasteiger partial charge >= 0.3 is 0 Å². The van der Waals surface area contributed by atoms with Crippen LogP contribution in [0.15, 0.2) is 59.4 Å². The van der Waals surface area contributed by atoms with Crippen molar-refractivity contribution in [3.8, 4) is 0 Å². The third kappa shape index (κ3) is 3.84. The zero-order chi connectivity index (χ0) is 22.5. The number of hydrogen-bond donors (Lipinski definition) is 0. The predicted molar refractivity (Wildman–Crippen MR) is 135 cm³/mol. The van der Waals surface area contributed by atoms with Crippen molar-refractivity contribution in [1.82, 2.24) is 0 Å². The number of nitrogens with zero attached hydrogens (tertiary/aromatic N) is 1. The minimum atomic E-state index is 0.417. The number of rotatable bonds is 5. The van der Waals surface area contributed by atoms with E-state index in [1.807, 2.05) is 0 Å². The van der Waals surface area contributed by atoms with Crippen LogP contribution in [0.4, 0.5) is 5.69 Å². The van der Waals surface area contributed by atoms with Crippen LogP contribution >= 0.6 is 0 Å². The lowest BCUT2D eigenvalue weighted by molar-refractivity contribution is 0.163. The second-order valence-electron chi connectivity index (χ2n) is 11.3. The first kappa shape index (κ1) is 21.9. The zero-order valence-corrected chi connectivity index (χ0v) is 20.7. The lowest BCUT2D eigenvalue weighted by atomic mass is 9.65. The molecular weight excluding hydrogens is 390 g/mol. The molecular formula is C30H41NO. The number of allylic oxidation sites excluding steroid dienone is 4. The molecule has 5 rings (SSSR count). The fourth-order valence-electron chi connectivity index (χ4n) is 6.68. The lowest BCUT2D eigenvalue weighted by Crippen LogP contribution is -2.40. The van der Waals surface area contributed by atoms with Crippen LogP contribution in [0.5, 0.6) is 0 Å². The number of benzene rings is 1. The van der Waals surface area contributed by atoms with E-state index in [-0.39, 0.29) is 0 Å². The third-order valence-corrected chi connectivity index (χ3v) is 9.32. The number of ether oxygens (including phenoxy) is 1. The maximum absolute atomic E-state index is 5.56. The summed E-state index contributed by atoms with van der Waals surface area (Å²) in [7, 11) is 1.77. The van der Waals surface area contributed by atoms with Crippen LogP contribution in [-0.4, -0.2) is 20.2 Å². The monoisotopic (exact) mass is 431 g/mol. The Balaban J connectivity index is 1.33. The molecule has 0 aromatic heterocycles. The second-order valence-corrected chi connectivity index (χ2v) is 11.3. The number of anilines is 1. The Morgan fingerprint density at radius 3 is 2.34 bits per heavy atom. The van der Waals surface area contributed by atoms with Crippen molar-refractivity contribution >= 4 is 5.69 Å². The Hall–Kier alpha value is -1.96. The van der Waals surface area contributed by atoms with Gasteiger partial charge in [-0.1, -0.05) is 44.6 Å². The van der Waals surface area contributed by atoms with E-state index in [1.54, 1.807) is 12.7 Å². The first-order chi connectivity index (χ1) is 15.4. The first-order valence-corrected chi connectivity index (χ1v) is 12.9. The summed E-state index contributed by atoms with van der Waals surface area (Å²) in [5.74, 6) is 4.55. The molecule has 0 radical (unpaired) electrons. The number of piperidine rings is 1. The summed E-state index contributed by atoms with van der Waals surface area (Å²) in [6.07, 6.45) is 13.7. The van der Waals surface area contributed by atoms with Gasteiger partial charge in [0.05, 0.1) is 7.11 Å². The lowest BCUT2D eigenvalue weighted by Gasteiger charge is -2.41. The minimum Gasteiger partial charge on any atom is -0.497 e. The van der Waals surface area contributed by atoms with E-state index in [2.05, 4.69) is 75.1 Å². The molecule has 1 aromatic carbocycles. The smallest absolute Gasteiger partial charge is 0.115 e. The van der Waals surface area contributed by atoms with Crippen molar-refractivity contribution in [3.05, 3.63) is 65.0 Å². The molecule has 172 valence electrons. The second kappa shape index (κ2) is 8.43. The average Bonchev–Trinajstić information content (AvgIpc) is 3.59. The first-order valence-electron chi connectivity index (χ1n) is 12.9. The van der Waals surface area contributed by atoms with Crippen LogP contribution in [0.1, 0.15) is 65.4 Å². The molecule has 32 heavy (non-hydrogen) atoms. The van der Waals surface area contributed by atoms with Gasteiger partial charge in [0.15, 0.2) is 0 Å². The van der Waals surface area contributed by atoms with Gasteiger partial charge in [0, 0.05) is 24.7 Å². The largest absolute Gasteiger partial charge is 0.497 e. The normalized spacial score (nSPS) is 34.0. The highest BCUT2D eigenvalue weighted by atomic mass is 16.5. The van der Waals surface area contributed by atoms with Crippen molar-refractivity contribution in [2.45, 2.75) is 65.2 Å². The third-order valence-electron chi connectivity index (χ3n) is 9.32. The highest BCUT2D eigenvalue weighted by Crippen LogP contribution is 2.61. The van der Waals surface area contributed by atoms with Gasteiger partial charge in [-0.3, -0.25) is 0 Å². The van der Waals surface area contributed by atoms with E-state index in [4.69, 9.17) is 4.74 Å². The summed E-state index contributed by atoms with van der Waals surface area (Å²) in [5.41, 5.74) is 6.55. The van der Waals surface area contributed by atoms with Crippen molar-refractivity contribution in [1.29, 1.82) is 0 Å². The van der Waals surface area contributed by atoms with E-state index in [1.165, 1.54) is 48.9 Å². The summed E-state index contributed by atoms with van der Waals surface area (Å²) >= 11 is 0. The quantitative estimate of drug-likeness (QED) is 0.486. The molecule has 1 heterocycles. The Morgan fingerprint density at radius 1 is 1.00 bits per heavy atom. The predicted octanol–water partition coefficient (Wildman–Crippen LogP) is 7.28. The van der Waals surface area contributed by atoms with Gasteiger partial charge in [-0.25, -0.2) is 0 Å². The molecule has 2 saturated carbocycles. The maximum Gasteiger partial charge on any atom is 0.115 e. The van der Waals surface area contributed by atoms with Gasteiger partial charge in [0.25, 0.3) is 0 Å². The standard InChI is InChI=1S/C30H41NO/c1-20-16-25(17-20)30(13-14-30)24-6-8-26(9-7-24)31-15-12-21(2)29(19-31)28-11-10-27(32-5)18-22(3)23(28)4/h6-11,18,20-22,25,29H,12-17,19H2,1-5H3/t20?,21-,22?,25?,29-/m0/s1. The van der Waals surface area contributed by atoms with Gasteiger partial charge in [-0.2, -0.15) is 0 Å². The molecule has 3 fully saturated rings. The Kier molecular flexibility index (Phi) is 5.76. The topological polar surface area (TPSA) is 12.5 Å². The molecule has 3 atom stereocenters. The summed E-state index contributed by atoms with van der Waals surface area (Å²) in [6, 6.07) is 9.76. The molecule has 2 nitrogen and oxygen atoms in total. The van der Waals surface area contributed by atoms with Crippen molar-refractivity contribution < 1.29 is 4.74 Å².